The van der Waals surface area contributed by atoms with Crippen molar-refractivity contribution in [3.05, 3.63) is 64.4 Å². The maximum atomic E-state index is 13.2. The Labute approximate surface area is 121 Å². The summed E-state index contributed by atoms with van der Waals surface area (Å²) in [6.07, 6.45) is 0. The highest BCUT2D eigenvalue weighted by Crippen LogP contribution is 2.27. The second kappa shape index (κ2) is 5.92. The molecular formula is C15H13ClFNO2. The van der Waals surface area contributed by atoms with Gasteiger partial charge in [0.05, 0.1) is 16.3 Å². The molecule has 0 aliphatic rings. The minimum atomic E-state index is -1.03. The van der Waals surface area contributed by atoms with E-state index in [4.69, 9.17) is 16.7 Å². The van der Waals surface area contributed by atoms with E-state index in [-0.39, 0.29) is 17.4 Å². The van der Waals surface area contributed by atoms with Crippen molar-refractivity contribution in [3.63, 3.8) is 0 Å². The number of carboxylic acid groups (broad SMARTS) is 1. The SMILES string of the molecule is CC(Nc1ccc(C(=O)O)cc1Cl)c1cccc(F)c1. The highest BCUT2D eigenvalue weighted by atomic mass is 35.5. The lowest BCUT2D eigenvalue weighted by Crippen LogP contribution is -2.08. The number of nitrogens with one attached hydrogen (secondary N) is 1. The molecular weight excluding hydrogens is 281 g/mol. The van der Waals surface area contributed by atoms with Gasteiger partial charge in [-0.3, -0.25) is 0 Å². The van der Waals surface area contributed by atoms with Crippen LogP contribution in [0, 0.1) is 5.82 Å². The maximum absolute atomic E-state index is 13.2. The normalized spacial score (nSPS) is 11.9. The Kier molecular flexibility index (Phi) is 4.25. The van der Waals surface area contributed by atoms with Gasteiger partial charge in [-0.1, -0.05) is 23.7 Å². The van der Waals surface area contributed by atoms with Crippen molar-refractivity contribution in [1.82, 2.24) is 0 Å². The van der Waals surface area contributed by atoms with Crippen LogP contribution in [-0.2, 0) is 0 Å². The van der Waals surface area contributed by atoms with Crippen LogP contribution in [0.25, 0.3) is 0 Å². The highest BCUT2D eigenvalue weighted by molar-refractivity contribution is 6.33. The molecule has 0 spiro atoms. The lowest BCUT2D eigenvalue weighted by Gasteiger charge is -2.17. The predicted molar refractivity (Wildman–Crippen MR) is 76.8 cm³/mol. The third-order valence-corrected chi connectivity index (χ3v) is 3.25. The molecule has 104 valence electrons. The van der Waals surface area contributed by atoms with Gasteiger partial charge in [0.25, 0.3) is 0 Å². The van der Waals surface area contributed by atoms with E-state index in [1.807, 2.05) is 6.92 Å². The van der Waals surface area contributed by atoms with Crippen molar-refractivity contribution in [2.75, 3.05) is 5.32 Å². The molecule has 3 nitrogen and oxygen atoms in total. The number of rotatable bonds is 4. The van der Waals surface area contributed by atoms with E-state index in [0.29, 0.717) is 10.7 Å². The second-order valence-corrected chi connectivity index (χ2v) is 4.83. The Morgan fingerprint density at radius 3 is 2.65 bits per heavy atom. The topological polar surface area (TPSA) is 49.3 Å². The molecule has 5 heteroatoms. The molecule has 1 unspecified atom stereocenters. The molecule has 0 saturated carbocycles. The zero-order chi connectivity index (χ0) is 14.7. The summed E-state index contributed by atoms with van der Waals surface area (Å²) in [7, 11) is 0. The van der Waals surface area contributed by atoms with E-state index in [9.17, 15) is 9.18 Å². The molecule has 1 atom stereocenters. The number of hydrogen-bond donors (Lipinski definition) is 2. The third-order valence-electron chi connectivity index (χ3n) is 2.94. The van der Waals surface area contributed by atoms with Gasteiger partial charge in [-0.25, -0.2) is 9.18 Å². The summed E-state index contributed by atoms with van der Waals surface area (Å²) in [5, 5.41) is 12.3. The van der Waals surface area contributed by atoms with Crippen molar-refractivity contribution >= 4 is 23.3 Å². The quantitative estimate of drug-likeness (QED) is 0.881. The molecule has 0 saturated heterocycles. The summed E-state index contributed by atoms with van der Waals surface area (Å²) in [5.41, 5.74) is 1.51. The van der Waals surface area contributed by atoms with Gasteiger partial charge in [0.1, 0.15) is 5.82 Å². The zero-order valence-corrected chi connectivity index (χ0v) is 11.5. The fourth-order valence-corrected chi connectivity index (χ4v) is 2.09. The predicted octanol–water partition coefficient (Wildman–Crippen LogP) is 4.35. The van der Waals surface area contributed by atoms with Crippen LogP contribution < -0.4 is 5.32 Å². The minimum absolute atomic E-state index is 0.124. The largest absolute Gasteiger partial charge is 0.478 e. The summed E-state index contributed by atoms with van der Waals surface area (Å²) in [4.78, 5) is 10.8. The Hall–Kier alpha value is -2.07. The highest BCUT2D eigenvalue weighted by Gasteiger charge is 2.11. The Balaban J connectivity index is 2.19. The van der Waals surface area contributed by atoms with E-state index < -0.39 is 5.97 Å². The third kappa shape index (κ3) is 3.27. The van der Waals surface area contributed by atoms with Gasteiger partial charge in [0.15, 0.2) is 0 Å². The number of aromatic carboxylic acids is 1. The molecule has 0 bridgehead atoms. The smallest absolute Gasteiger partial charge is 0.335 e. The van der Waals surface area contributed by atoms with Crippen LogP contribution in [0.4, 0.5) is 10.1 Å². The van der Waals surface area contributed by atoms with Crippen molar-refractivity contribution in [3.8, 4) is 0 Å². The van der Waals surface area contributed by atoms with E-state index in [0.717, 1.165) is 5.56 Å². The Morgan fingerprint density at radius 2 is 2.05 bits per heavy atom. The molecule has 20 heavy (non-hydrogen) atoms. The van der Waals surface area contributed by atoms with E-state index >= 15 is 0 Å². The average Bonchev–Trinajstić information content (AvgIpc) is 2.40. The van der Waals surface area contributed by atoms with Crippen LogP contribution in [0.3, 0.4) is 0 Å². The maximum Gasteiger partial charge on any atom is 0.335 e. The molecule has 0 heterocycles. The summed E-state index contributed by atoms with van der Waals surface area (Å²) < 4.78 is 13.2. The van der Waals surface area contributed by atoms with Gasteiger partial charge >= 0.3 is 5.97 Å². The molecule has 0 fully saturated rings. The Morgan fingerprint density at radius 1 is 1.30 bits per heavy atom. The number of carbonyl (C=O) groups is 1. The summed E-state index contributed by atoms with van der Waals surface area (Å²) >= 11 is 6.04. The molecule has 0 amide bonds. The molecule has 2 aromatic rings. The first-order valence-electron chi connectivity index (χ1n) is 6.02. The van der Waals surface area contributed by atoms with E-state index in [2.05, 4.69) is 5.32 Å². The first-order valence-corrected chi connectivity index (χ1v) is 6.40. The lowest BCUT2D eigenvalue weighted by atomic mass is 10.1. The summed E-state index contributed by atoms with van der Waals surface area (Å²) in [5.74, 6) is -1.33. The number of anilines is 1. The van der Waals surface area contributed by atoms with Crippen LogP contribution >= 0.6 is 11.6 Å². The molecule has 2 N–H and O–H groups in total. The summed E-state index contributed by atoms with van der Waals surface area (Å²) in [6.45, 7) is 1.87. The van der Waals surface area contributed by atoms with Gasteiger partial charge in [-0.15, -0.1) is 0 Å². The first-order chi connectivity index (χ1) is 9.47. The zero-order valence-electron chi connectivity index (χ0n) is 10.7. The van der Waals surface area contributed by atoms with Crippen LogP contribution in [0.1, 0.15) is 28.9 Å². The van der Waals surface area contributed by atoms with Gasteiger partial charge in [-0.05, 0) is 42.8 Å². The molecule has 0 aliphatic carbocycles. The standard InChI is InChI=1S/C15H13ClFNO2/c1-9(10-3-2-4-12(17)7-10)18-14-6-5-11(15(19)20)8-13(14)16/h2-9,18H,1H3,(H,19,20). The number of carboxylic acids is 1. The Bertz CT molecular complexity index is 646. The molecule has 0 radical (unpaired) electrons. The van der Waals surface area contributed by atoms with Gasteiger partial charge < -0.3 is 10.4 Å². The van der Waals surface area contributed by atoms with Crippen LogP contribution in [0.5, 0.6) is 0 Å². The number of halogens is 2. The van der Waals surface area contributed by atoms with E-state index in [1.165, 1.54) is 24.3 Å². The first kappa shape index (κ1) is 14.3. The number of hydrogen-bond acceptors (Lipinski definition) is 2. The van der Waals surface area contributed by atoms with Crippen molar-refractivity contribution < 1.29 is 14.3 Å². The van der Waals surface area contributed by atoms with Crippen molar-refractivity contribution in [1.29, 1.82) is 0 Å². The van der Waals surface area contributed by atoms with Crippen molar-refractivity contribution in [2.24, 2.45) is 0 Å². The van der Waals surface area contributed by atoms with Gasteiger partial charge in [-0.2, -0.15) is 0 Å². The van der Waals surface area contributed by atoms with Crippen LogP contribution in [-0.4, -0.2) is 11.1 Å². The molecule has 0 aromatic heterocycles. The number of benzene rings is 2. The fourth-order valence-electron chi connectivity index (χ4n) is 1.86. The van der Waals surface area contributed by atoms with Crippen LogP contribution in [0.15, 0.2) is 42.5 Å². The minimum Gasteiger partial charge on any atom is -0.478 e. The second-order valence-electron chi connectivity index (χ2n) is 4.42. The fraction of sp³-hybridized carbons (Fsp3) is 0.133. The van der Waals surface area contributed by atoms with Gasteiger partial charge in [0, 0.05) is 6.04 Å². The van der Waals surface area contributed by atoms with E-state index in [1.54, 1.807) is 18.2 Å². The molecule has 0 aliphatic heterocycles. The average molecular weight is 294 g/mol. The molecule has 2 rings (SSSR count). The van der Waals surface area contributed by atoms with Crippen LogP contribution in [0.2, 0.25) is 5.02 Å². The monoisotopic (exact) mass is 293 g/mol. The molecule has 2 aromatic carbocycles. The summed E-state index contributed by atoms with van der Waals surface area (Å²) in [6, 6.07) is 10.6. The van der Waals surface area contributed by atoms with Gasteiger partial charge in [0.2, 0.25) is 0 Å². The lowest BCUT2D eigenvalue weighted by molar-refractivity contribution is 0.0697. The van der Waals surface area contributed by atoms with Crippen molar-refractivity contribution in [2.45, 2.75) is 13.0 Å².